The molecule has 7 nitrogen and oxygen atoms in total. The summed E-state index contributed by atoms with van der Waals surface area (Å²) in [5, 5.41) is 13.2. The van der Waals surface area contributed by atoms with Crippen molar-refractivity contribution in [3.63, 3.8) is 0 Å². The van der Waals surface area contributed by atoms with Gasteiger partial charge < -0.3 is 4.90 Å². The molecule has 0 N–H and O–H groups in total. The van der Waals surface area contributed by atoms with E-state index in [0.29, 0.717) is 30.7 Å². The Balaban J connectivity index is 1.74. The minimum Gasteiger partial charge on any atom is -0.336 e. The lowest BCUT2D eigenvalue weighted by atomic mass is 10.0. The average Bonchev–Trinajstić information content (AvgIpc) is 3.17. The van der Waals surface area contributed by atoms with Gasteiger partial charge in [0, 0.05) is 24.4 Å². The van der Waals surface area contributed by atoms with E-state index < -0.39 is 0 Å². The van der Waals surface area contributed by atoms with Gasteiger partial charge in [-0.1, -0.05) is 12.1 Å². The molecule has 2 heterocycles. The lowest BCUT2D eigenvalue weighted by molar-refractivity contribution is -0.133. The fourth-order valence-electron chi connectivity index (χ4n) is 3.58. The summed E-state index contributed by atoms with van der Waals surface area (Å²) < 4.78 is 1.71. The van der Waals surface area contributed by atoms with Gasteiger partial charge >= 0.3 is 0 Å². The highest BCUT2D eigenvalue weighted by Crippen LogP contribution is 2.22. The second kappa shape index (κ2) is 8.17. The SMILES string of the molecule is CCN(C(=O)CCc1c(C)nc2ncnn2c1C)C(C)c1ccc(C#N)cc1. The molecule has 1 aromatic carbocycles. The zero-order valence-corrected chi connectivity index (χ0v) is 16.7. The van der Waals surface area contributed by atoms with Crippen LogP contribution >= 0.6 is 0 Å². The summed E-state index contributed by atoms with van der Waals surface area (Å²) in [6.45, 7) is 8.55. The molecule has 3 rings (SSSR count). The van der Waals surface area contributed by atoms with Crippen LogP contribution in [0.25, 0.3) is 5.78 Å². The van der Waals surface area contributed by atoms with Gasteiger partial charge in [0.05, 0.1) is 17.7 Å². The lowest BCUT2D eigenvalue weighted by Crippen LogP contribution is -2.33. The summed E-state index contributed by atoms with van der Waals surface area (Å²) in [7, 11) is 0. The van der Waals surface area contributed by atoms with Crippen LogP contribution in [0, 0.1) is 25.2 Å². The second-order valence-corrected chi connectivity index (χ2v) is 6.82. The highest BCUT2D eigenvalue weighted by Gasteiger charge is 2.21. The van der Waals surface area contributed by atoms with E-state index in [9.17, 15) is 4.79 Å². The molecule has 0 radical (unpaired) electrons. The second-order valence-electron chi connectivity index (χ2n) is 6.82. The minimum atomic E-state index is -0.0524. The summed E-state index contributed by atoms with van der Waals surface area (Å²) in [6, 6.07) is 9.47. The predicted molar refractivity (Wildman–Crippen MR) is 106 cm³/mol. The van der Waals surface area contributed by atoms with Gasteiger partial charge in [-0.2, -0.15) is 15.3 Å². The molecule has 0 fully saturated rings. The minimum absolute atomic E-state index is 0.0524. The number of hydrogen-bond acceptors (Lipinski definition) is 5. The van der Waals surface area contributed by atoms with Crippen LogP contribution in [0.5, 0.6) is 0 Å². The van der Waals surface area contributed by atoms with E-state index in [0.717, 1.165) is 22.5 Å². The Kier molecular flexibility index (Phi) is 5.69. The van der Waals surface area contributed by atoms with Crippen LogP contribution in [0.3, 0.4) is 0 Å². The number of carbonyl (C=O) groups is 1. The predicted octanol–water partition coefficient (Wildman–Crippen LogP) is 3.16. The number of amides is 1. The number of nitriles is 1. The van der Waals surface area contributed by atoms with Gasteiger partial charge in [0.15, 0.2) is 0 Å². The molecule has 0 aliphatic carbocycles. The fourth-order valence-corrected chi connectivity index (χ4v) is 3.58. The number of nitrogens with zero attached hydrogens (tertiary/aromatic N) is 6. The molecule has 0 aliphatic heterocycles. The summed E-state index contributed by atoms with van der Waals surface area (Å²) >= 11 is 0. The topological polar surface area (TPSA) is 87.2 Å². The van der Waals surface area contributed by atoms with Crippen LogP contribution in [-0.4, -0.2) is 36.9 Å². The van der Waals surface area contributed by atoms with Crippen molar-refractivity contribution in [2.45, 2.75) is 46.6 Å². The van der Waals surface area contributed by atoms with Gasteiger partial charge in [0.25, 0.3) is 5.78 Å². The Hall–Kier alpha value is -3.27. The van der Waals surface area contributed by atoms with E-state index in [1.54, 1.807) is 16.6 Å². The van der Waals surface area contributed by atoms with Crippen molar-refractivity contribution in [1.29, 1.82) is 5.26 Å². The van der Waals surface area contributed by atoms with Gasteiger partial charge in [0.2, 0.25) is 5.91 Å². The Morgan fingerprint density at radius 2 is 2.00 bits per heavy atom. The zero-order valence-electron chi connectivity index (χ0n) is 16.7. The third kappa shape index (κ3) is 3.72. The smallest absolute Gasteiger partial charge is 0.252 e. The monoisotopic (exact) mass is 376 g/mol. The third-order valence-corrected chi connectivity index (χ3v) is 5.23. The Morgan fingerprint density at radius 3 is 2.64 bits per heavy atom. The summed E-state index contributed by atoms with van der Waals surface area (Å²) in [6.07, 6.45) is 2.50. The van der Waals surface area contributed by atoms with Crippen molar-refractivity contribution in [2.24, 2.45) is 0 Å². The van der Waals surface area contributed by atoms with Gasteiger partial charge in [-0.05, 0) is 57.4 Å². The average molecular weight is 376 g/mol. The molecule has 2 aromatic heterocycles. The van der Waals surface area contributed by atoms with Crippen molar-refractivity contribution in [3.05, 3.63) is 58.7 Å². The molecule has 1 amide bonds. The first-order valence-electron chi connectivity index (χ1n) is 9.41. The van der Waals surface area contributed by atoms with Crippen LogP contribution < -0.4 is 0 Å². The first kappa shape index (κ1) is 19.5. The van der Waals surface area contributed by atoms with Gasteiger partial charge in [-0.15, -0.1) is 0 Å². The van der Waals surface area contributed by atoms with Crippen LogP contribution in [0.1, 0.15) is 54.4 Å². The lowest BCUT2D eigenvalue weighted by Gasteiger charge is -2.29. The van der Waals surface area contributed by atoms with Crippen LogP contribution in [0.4, 0.5) is 0 Å². The Bertz CT molecular complexity index is 1030. The molecule has 3 aromatic rings. The number of rotatable bonds is 6. The van der Waals surface area contributed by atoms with Crippen molar-refractivity contribution in [3.8, 4) is 6.07 Å². The first-order valence-corrected chi connectivity index (χ1v) is 9.41. The maximum Gasteiger partial charge on any atom is 0.252 e. The van der Waals surface area contributed by atoms with Crippen molar-refractivity contribution < 1.29 is 4.79 Å². The van der Waals surface area contributed by atoms with Crippen molar-refractivity contribution >= 4 is 11.7 Å². The van der Waals surface area contributed by atoms with Crippen LogP contribution in [-0.2, 0) is 11.2 Å². The maximum atomic E-state index is 12.9. The van der Waals surface area contributed by atoms with Gasteiger partial charge in [0.1, 0.15) is 6.33 Å². The number of fused-ring (bicyclic) bond motifs is 1. The van der Waals surface area contributed by atoms with Gasteiger partial charge in [-0.25, -0.2) is 9.50 Å². The fraction of sp³-hybridized carbons (Fsp3) is 0.381. The normalized spacial score (nSPS) is 12.0. The van der Waals surface area contributed by atoms with E-state index in [-0.39, 0.29) is 11.9 Å². The molecular weight excluding hydrogens is 352 g/mol. The Morgan fingerprint density at radius 1 is 1.29 bits per heavy atom. The van der Waals surface area contributed by atoms with Crippen LogP contribution in [0.2, 0.25) is 0 Å². The molecule has 0 bridgehead atoms. The highest BCUT2D eigenvalue weighted by molar-refractivity contribution is 5.77. The maximum absolute atomic E-state index is 12.9. The van der Waals surface area contributed by atoms with Crippen molar-refractivity contribution in [2.75, 3.05) is 6.54 Å². The molecular formula is C21H24N6O. The molecule has 1 unspecified atom stereocenters. The van der Waals surface area contributed by atoms with E-state index in [2.05, 4.69) is 21.1 Å². The molecule has 0 aliphatic rings. The molecule has 1 atom stereocenters. The number of carbonyl (C=O) groups excluding carboxylic acids is 1. The Labute approximate surface area is 164 Å². The molecule has 28 heavy (non-hydrogen) atoms. The molecule has 0 saturated carbocycles. The standard InChI is InChI=1S/C21H24N6O/c1-5-26(15(3)18-8-6-17(12-22)7-9-18)20(28)11-10-19-14(2)25-21-23-13-24-27(21)16(19)4/h6-9,13,15H,5,10-11H2,1-4H3. The van der Waals surface area contributed by atoms with E-state index in [1.807, 2.05) is 44.7 Å². The molecule has 144 valence electrons. The van der Waals surface area contributed by atoms with Crippen molar-refractivity contribution in [1.82, 2.24) is 24.5 Å². The van der Waals surface area contributed by atoms with Gasteiger partial charge in [-0.3, -0.25) is 4.79 Å². The van der Waals surface area contributed by atoms with Crippen LogP contribution in [0.15, 0.2) is 30.6 Å². The molecule has 7 heteroatoms. The van der Waals surface area contributed by atoms with E-state index in [1.165, 1.54) is 6.33 Å². The summed E-state index contributed by atoms with van der Waals surface area (Å²) in [5.41, 5.74) is 4.53. The van der Waals surface area contributed by atoms with E-state index in [4.69, 9.17) is 5.26 Å². The quantitative estimate of drug-likeness (QED) is 0.659. The number of aromatic nitrogens is 4. The van der Waals surface area contributed by atoms with E-state index >= 15 is 0 Å². The number of benzene rings is 1. The largest absolute Gasteiger partial charge is 0.336 e. The molecule has 0 spiro atoms. The number of aryl methyl sites for hydroxylation is 2. The summed E-state index contributed by atoms with van der Waals surface area (Å²) in [5.74, 6) is 0.673. The zero-order chi connectivity index (χ0) is 20.3. The molecule has 0 saturated heterocycles. The third-order valence-electron chi connectivity index (χ3n) is 5.23. The first-order chi connectivity index (χ1) is 13.5. The highest BCUT2D eigenvalue weighted by atomic mass is 16.2. The summed E-state index contributed by atoms with van der Waals surface area (Å²) in [4.78, 5) is 23.4. The number of hydrogen-bond donors (Lipinski definition) is 0.